The van der Waals surface area contributed by atoms with Crippen LogP contribution in [0.15, 0.2) is 59.8 Å². The molecule has 4 aromatic rings. The van der Waals surface area contributed by atoms with Gasteiger partial charge in [-0.2, -0.15) is 5.10 Å². The van der Waals surface area contributed by atoms with E-state index in [0.29, 0.717) is 16.8 Å². The van der Waals surface area contributed by atoms with Crippen LogP contribution in [0.2, 0.25) is 0 Å². The van der Waals surface area contributed by atoms with Crippen LogP contribution in [0.5, 0.6) is 0 Å². The molecular formula is C25H28FN7OS. The molecule has 0 aliphatic carbocycles. The number of thioether (sulfide) groups is 1. The molecule has 0 bridgehead atoms. The fourth-order valence-corrected chi connectivity index (χ4v) is 4.25. The quantitative estimate of drug-likeness (QED) is 0.363. The van der Waals surface area contributed by atoms with E-state index in [1.807, 2.05) is 74.7 Å². The van der Waals surface area contributed by atoms with Gasteiger partial charge in [-0.3, -0.25) is 14.3 Å². The highest BCUT2D eigenvalue weighted by molar-refractivity contribution is 7.99. The van der Waals surface area contributed by atoms with E-state index in [1.54, 1.807) is 16.8 Å². The number of hydrogen-bond donors (Lipinski definition) is 1. The molecule has 1 N–H and O–H groups in total. The smallest absolute Gasteiger partial charge is 0.236 e. The molecule has 2 heterocycles. The number of amides is 1. The largest absolute Gasteiger partial charge is 0.310 e. The van der Waals surface area contributed by atoms with Gasteiger partial charge in [0.25, 0.3) is 0 Å². The van der Waals surface area contributed by atoms with Crippen molar-refractivity contribution in [1.29, 1.82) is 0 Å². The summed E-state index contributed by atoms with van der Waals surface area (Å²) in [5.41, 5.74) is 3.54. The average molecular weight is 494 g/mol. The molecule has 1 amide bonds. The molecule has 0 fully saturated rings. The van der Waals surface area contributed by atoms with E-state index < -0.39 is 0 Å². The van der Waals surface area contributed by atoms with Gasteiger partial charge in [0, 0.05) is 11.8 Å². The molecule has 0 unspecified atom stereocenters. The molecule has 0 saturated heterocycles. The van der Waals surface area contributed by atoms with E-state index in [1.165, 1.54) is 23.9 Å². The van der Waals surface area contributed by atoms with Crippen LogP contribution >= 0.6 is 11.8 Å². The lowest BCUT2D eigenvalue weighted by Crippen LogP contribution is -2.21. The van der Waals surface area contributed by atoms with Crippen molar-refractivity contribution >= 4 is 23.5 Å². The second kappa shape index (κ2) is 10.4. The van der Waals surface area contributed by atoms with Gasteiger partial charge in [-0.05, 0) is 71.3 Å². The summed E-state index contributed by atoms with van der Waals surface area (Å²) in [6, 6.07) is 15.9. The van der Waals surface area contributed by atoms with E-state index in [4.69, 9.17) is 0 Å². The Kier molecular flexibility index (Phi) is 7.32. The Morgan fingerprint density at radius 2 is 1.71 bits per heavy atom. The van der Waals surface area contributed by atoms with Crippen molar-refractivity contribution in [2.75, 3.05) is 25.2 Å². The lowest BCUT2D eigenvalue weighted by atomic mass is 10.2. The standard InChI is InChI=1S/C25H28FN7OS/c1-16-6-10-21(11-7-16)33-22(14-17(2)30-33)27-23(34)15-35-25-29-28-24(18(3)31(4)5)32(25)20-12-8-19(26)9-13-20/h6-14,18H,15H2,1-5H3,(H,27,34)/t18-/m0/s1. The average Bonchev–Trinajstić information content (AvgIpc) is 3.41. The molecular weight excluding hydrogens is 465 g/mol. The topological polar surface area (TPSA) is 80.9 Å². The molecule has 182 valence electrons. The number of nitrogens with one attached hydrogen (secondary N) is 1. The molecule has 10 heteroatoms. The van der Waals surface area contributed by atoms with Crippen molar-refractivity contribution in [2.45, 2.75) is 32.0 Å². The van der Waals surface area contributed by atoms with Crippen LogP contribution in [0, 0.1) is 19.7 Å². The van der Waals surface area contributed by atoms with E-state index in [-0.39, 0.29) is 23.5 Å². The van der Waals surface area contributed by atoms with Gasteiger partial charge in [-0.25, -0.2) is 9.07 Å². The molecule has 0 saturated carbocycles. The van der Waals surface area contributed by atoms with E-state index in [2.05, 4.69) is 20.6 Å². The minimum absolute atomic E-state index is 0.0393. The third kappa shape index (κ3) is 5.60. The number of halogens is 1. The van der Waals surface area contributed by atoms with Crippen molar-refractivity contribution in [2.24, 2.45) is 0 Å². The number of nitrogens with zero attached hydrogens (tertiary/aromatic N) is 6. The first-order chi connectivity index (χ1) is 16.7. The normalized spacial score (nSPS) is 12.2. The Balaban J connectivity index is 1.54. The van der Waals surface area contributed by atoms with Gasteiger partial charge in [0.05, 0.1) is 23.2 Å². The molecule has 0 spiro atoms. The lowest BCUT2D eigenvalue weighted by molar-refractivity contribution is -0.113. The maximum absolute atomic E-state index is 13.5. The van der Waals surface area contributed by atoms with Gasteiger partial charge in [0.1, 0.15) is 11.6 Å². The number of rotatable bonds is 8. The number of aromatic nitrogens is 5. The molecule has 2 aromatic heterocycles. The van der Waals surface area contributed by atoms with E-state index >= 15 is 0 Å². The maximum atomic E-state index is 13.5. The van der Waals surface area contributed by atoms with Crippen LogP contribution in [0.1, 0.15) is 30.0 Å². The minimum Gasteiger partial charge on any atom is -0.310 e. The third-order valence-corrected chi connectivity index (χ3v) is 6.53. The Bertz CT molecular complexity index is 1310. The van der Waals surface area contributed by atoms with Crippen molar-refractivity contribution in [1.82, 2.24) is 29.4 Å². The summed E-state index contributed by atoms with van der Waals surface area (Å²) < 4.78 is 17.1. The first-order valence-corrected chi connectivity index (χ1v) is 12.2. The monoisotopic (exact) mass is 493 g/mol. The van der Waals surface area contributed by atoms with Gasteiger partial charge in [-0.1, -0.05) is 29.5 Å². The molecule has 2 aromatic carbocycles. The number of hydrogen-bond acceptors (Lipinski definition) is 6. The van der Waals surface area contributed by atoms with Gasteiger partial charge in [0.2, 0.25) is 5.91 Å². The number of aryl methyl sites for hydroxylation is 2. The Morgan fingerprint density at radius 1 is 1.06 bits per heavy atom. The number of carbonyl (C=O) groups excluding carboxylic acids is 1. The summed E-state index contributed by atoms with van der Waals surface area (Å²) in [6.07, 6.45) is 0. The molecule has 1 atom stereocenters. The zero-order valence-corrected chi connectivity index (χ0v) is 21.2. The van der Waals surface area contributed by atoms with Crippen LogP contribution in [-0.2, 0) is 4.79 Å². The van der Waals surface area contributed by atoms with Crippen molar-refractivity contribution in [3.63, 3.8) is 0 Å². The van der Waals surface area contributed by atoms with Crippen LogP contribution in [0.3, 0.4) is 0 Å². The molecule has 35 heavy (non-hydrogen) atoms. The van der Waals surface area contributed by atoms with Gasteiger partial charge >= 0.3 is 0 Å². The second-order valence-corrected chi connectivity index (χ2v) is 9.49. The predicted octanol–water partition coefficient (Wildman–Crippen LogP) is 4.56. The van der Waals surface area contributed by atoms with Crippen molar-refractivity contribution in [3.05, 3.63) is 77.5 Å². The fourth-order valence-electron chi connectivity index (χ4n) is 3.49. The number of benzene rings is 2. The Hall–Kier alpha value is -3.50. The molecule has 4 rings (SSSR count). The second-order valence-electron chi connectivity index (χ2n) is 8.55. The van der Waals surface area contributed by atoms with E-state index in [9.17, 15) is 9.18 Å². The Morgan fingerprint density at radius 3 is 2.37 bits per heavy atom. The number of carbonyl (C=O) groups is 1. The zero-order chi connectivity index (χ0) is 25.1. The Labute approximate surface area is 208 Å². The SMILES string of the molecule is Cc1ccc(-n2nc(C)cc2NC(=O)CSc2nnc([C@H](C)N(C)C)n2-c2ccc(F)cc2)cc1. The van der Waals surface area contributed by atoms with Crippen LogP contribution < -0.4 is 5.32 Å². The highest BCUT2D eigenvalue weighted by Crippen LogP contribution is 2.27. The summed E-state index contributed by atoms with van der Waals surface area (Å²) in [6.45, 7) is 5.92. The predicted molar refractivity (Wildman–Crippen MR) is 136 cm³/mol. The summed E-state index contributed by atoms with van der Waals surface area (Å²) >= 11 is 1.27. The molecule has 0 aliphatic heterocycles. The van der Waals surface area contributed by atoms with Gasteiger partial charge in [-0.15, -0.1) is 10.2 Å². The first-order valence-electron chi connectivity index (χ1n) is 11.2. The van der Waals surface area contributed by atoms with Crippen LogP contribution in [-0.4, -0.2) is 55.2 Å². The first kappa shape index (κ1) is 24.6. The summed E-state index contributed by atoms with van der Waals surface area (Å²) in [5.74, 6) is 0.905. The number of anilines is 1. The lowest BCUT2D eigenvalue weighted by Gasteiger charge is -2.20. The summed E-state index contributed by atoms with van der Waals surface area (Å²) in [5, 5.41) is 16.7. The highest BCUT2D eigenvalue weighted by Gasteiger charge is 2.22. The molecule has 0 aliphatic rings. The highest BCUT2D eigenvalue weighted by atomic mass is 32.2. The van der Waals surface area contributed by atoms with Crippen molar-refractivity contribution < 1.29 is 9.18 Å². The summed E-state index contributed by atoms with van der Waals surface area (Å²) in [7, 11) is 3.90. The molecule has 8 nitrogen and oxygen atoms in total. The molecule has 0 radical (unpaired) electrons. The van der Waals surface area contributed by atoms with Gasteiger partial charge < -0.3 is 5.32 Å². The summed E-state index contributed by atoms with van der Waals surface area (Å²) in [4.78, 5) is 14.9. The minimum atomic E-state index is -0.321. The van der Waals surface area contributed by atoms with Gasteiger partial charge in [0.15, 0.2) is 11.0 Å². The van der Waals surface area contributed by atoms with E-state index in [0.717, 1.165) is 22.6 Å². The maximum Gasteiger partial charge on any atom is 0.236 e. The van der Waals surface area contributed by atoms with Crippen molar-refractivity contribution in [3.8, 4) is 11.4 Å². The van der Waals surface area contributed by atoms with Crippen LogP contribution in [0.25, 0.3) is 11.4 Å². The van der Waals surface area contributed by atoms with Crippen LogP contribution in [0.4, 0.5) is 10.2 Å². The zero-order valence-electron chi connectivity index (χ0n) is 20.4. The third-order valence-electron chi connectivity index (χ3n) is 5.60. The fraction of sp³-hybridized carbons (Fsp3) is 0.280.